The molecule has 3 N–H and O–H groups in total. The van der Waals surface area contributed by atoms with Gasteiger partial charge in [0.05, 0.1) is 11.7 Å². The minimum atomic E-state index is -0.662. The minimum absolute atomic E-state index is 0.0771. The molecule has 0 bridgehead atoms. The van der Waals surface area contributed by atoms with Crippen LogP contribution in [0.25, 0.3) is 0 Å². The molecule has 1 fully saturated rings. The van der Waals surface area contributed by atoms with Gasteiger partial charge in [-0.15, -0.1) is 0 Å². The van der Waals surface area contributed by atoms with Crippen LogP contribution in [0.5, 0.6) is 0 Å². The van der Waals surface area contributed by atoms with E-state index in [0.29, 0.717) is 23.8 Å². The summed E-state index contributed by atoms with van der Waals surface area (Å²) in [5.41, 5.74) is 3.74. The van der Waals surface area contributed by atoms with E-state index in [1.54, 1.807) is 12.1 Å². The van der Waals surface area contributed by atoms with Crippen molar-refractivity contribution in [1.82, 2.24) is 20.5 Å². The number of pyridine rings is 1. The highest BCUT2D eigenvalue weighted by Gasteiger charge is 2.24. The van der Waals surface area contributed by atoms with Crippen molar-refractivity contribution in [3.63, 3.8) is 0 Å². The molecule has 7 nitrogen and oxygen atoms in total. The number of piperidine rings is 1. The van der Waals surface area contributed by atoms with Crippen LogP contribution in [0.1, 0.15) is 65.8 Å². The van der Waals surface area contributed by atoms with Crippen molar-refractivity contribution in [1.29, 1.82) is 0 Å². The number of aromatic nitrogens is 1. The summed E-state index contributed by atoms with van der Waals surface area (Å²) in [6.45, 7) is 2.15. The molecule has 0 spiro atoms. The first-order valence-corrected chi connectivity index (χ1v) is 11.4. The lowest BCUT2D eigenvalue weighted by Crippen LogP contribution is -2.41. The SMILES string of the molecule is O=C(NCC(O)CNC1CC2=C(CCC=C2)C1)c1ccc(C(=O)N2CCCCC2)nc1. The van der Waals surface area contributed by atoms with Gasteiger partial charge in [-0.2, -0.15) is 0 Å². The summed E-state index contributed by atoms with van der Waals surface area (Å²) in [5.74, 6) is -0.376. The Morgan fingerprint density at radius 3 is 2.74 bits per heavy atom. The highest BCUT2D eigenvalue weighted by atomic mass is 16.3. The minimum Gasteiger partial charge on any atom is -0.390 e. The molecule has 1 aromatic rings. The second-order valence-electron chi connectivity index (χ2n) is 8.73. The Balaban J connectivity index is 1.19. The van der Waals surface area contributed by atoms with Crippen LogP contribution in [0.15, 0.2) is 41.6 Å². The number of aliphatic hydroxyl groups excluding tert-OH is 1. The number of amides is 2. The first-order valence-electron chi connectivity index (χ1n) is 11.4. The Morgan fingerprint density at radius 1 is 1.16 bits per heavy atom. The third-order valence-electron chi connectivity index (χ3n) is 6.37. The van der Waals surface area contributed by atoms with Crippen LogP contribution in [-0.2, 0) is 0 Å². The largest absolute Gasteiger partial charge is 0.390 e. The monoisotopic (exact) mass is 424 g/mol. The van der Waals surface area contributed by atoms with Crippen LogP contribution < -0.4 is 10.6 Å². The molecule has 0 radical (unpaired) electrons. The highest BCUT2D eigenvalue weighted by Crippen LogP contribution is 2.33. The summed E-state index contributed by atoms with van der Waals surface area (Å²) in [4.78, 5) is 30.9. The van der Waals surface area contributed by atoms with Gasteiger partial charge in [-0.1, -0.05) is 17.7 Å². The molecular weight excluding hydrogens is 392 g/mol. The molecule has 0 aromatic carbocycles. The summed E-state index contributed by atoms with van der Waals surface area (Å²) < 4.78 is 0. The maximum absolute atomic E-state index is 12.5. The zero-order valence-electron chi connectivity index (χ0n) is 18.0. The summed E-state index contributed by atoms with van der Waals surface area (Å²) in [5, 5.41) is 16.4. The molecule has 2 aliphatic carbocycles. The van der Waals surface area contributed by atoms with Gasteiger partial charge in [0.1, 0.15) is 5.69 Å². The number of hydrogen-bond donors (Lipinski definition) is 3. The summed E-state index contributed by atoms with van der Waals surface area (Å²) in [6.07, 6.45) is 12.8. The van der Waals surface area contributed by atoms with Crippen molar-refractivity contribution in [2.24, 2.45) is 0 Å². The number of hydrogen-bond acceptors (Lipinski definition) is 5. The molecule has 2 unspecified atom stereocenters. The van der Waals surface area contributed by atoms with Crippen molar-refractivity contribution in [2.45, 2.75) is 57.1 Å². The lowest BCUT2D eigenvalue weighted by atomic mass is 10.0. The predicted molar refractivity (Wildman–Crippen MR) is 119 cm³/mol. The van der Waals surface area contributed by atoms with Crippen LogP contribution in [0, 0.1) is 0 Å². The molecule has 2 heterocycles. The smallest absolute Gasteiger partial charge is 0.272 e. The third kappa shape index (κ3) is 5.60. The van der Waals surface area contributed by atoms with Gasteiger partial charge in [0.15, 0.2) is 0 Å². The van der Waals surface area contributed by atoms with Gasteiger partial charge in [0.25, 0.3) is 11.8 Å². The molecule has 2 amide bonds. The maximum atomic E-state index is 12.5. The Morgan fingerprint density at radius 2 is 2.00 bits per heavy atom. The third-order valence-corrected chi connectivity index (χ3v) is 6.37. The van der Waals surface area contributed by atoms with Crippen LogP contribution in [0.4, 0.5) is 0 Å². The van der Waals surface area contributed by atoms with E-state index in [0.717, 1.165) is 58.0 Å². The van der Waals surface area contributed by atoms with Gasteiger partial charge >= 0.3 is 0 Å². The Hall–Kier alpha value is -2.51. The number of nitrogens with zero attached hydrogens (tertiary/aromatic N) is 2. The fraction of sp³-hybridized carbons (Fsp3) is 0.542. The molecule has 7 heteroatoms. The van der Waals surface area contributed by atoms with Crippen LogP contribution in [0.3, 0.4) is 0 Å². The second-order valence-corrected chi connectivity index (χ2v) is 8.73. The fourth-order valence-corrected chi connectivity index (χ4v) is 4.59. The van der Waals surface area contributed by atoms with E-state index in [1.807, 2.05) is 4.90 Å². The zero-order valence-corrected chi connectivity index (χ0v) is 18.0. The molecule has 0 saturated carbocycles. The topological polar surface area (TPSA) is 94.6 Å². The molecule has 4 rings (SSSR count). The van der Waals surface area contributed by atoms with Gasteiger partial charge in [-0.3, -0.25) is 14.6 Å². The van der Waals surface area contributed by atoms with Gasteiger partial charge < -0.3 is 20.6 Å². The average molecular weight is 425 g/mol. The molecular formula is C24H32N4O3. The molecule has 1 aliphatic heterocycles. The van der Waals surface area contributed by atoms with Crippen LogP contribution in [-0.4, -0.2) is 65.1 Å². The predicted octanol–water partition coefficient (Wildman–Crippen LogP) is 2.20. The summed E-state index contributed by atoms with van der Waals surface area (Å²) in [6, 6.07) is 3.59. The van der Waals surface area contributed by atoms with E-state index in [2.05, 4.69) is 27.8 Å². The highest BCUT2D eigenvalue weighted by molar-refractivity contribution is 5.96. The lowest BCUT2D eigenvalue weighted by molar-refractivity contribution is 0.0717. The van der Waals surface area contributed by atoms with E-state index >= 15 is 0 Å². The molecule has 166 valence electrons. The number of likely N-dealkylation sites (tertiary alicyclic amines) is 1. The number of carbonyl (C=O) groups excluding carboxylic acids is 2. The second kappa shape index (κ2) is 10.2. The Bertz CT molecular complexity index is 856. The molecule has 3 aliphatic rings. The van der Waals surface area contributed by atoms with Crippen LogP contribution in [0.2, 0.25) is 0 Å². The first kappa shape index (κ1) is 21.7. The normalized spacial score (nSPS) is 21.7. The summed E-state index contributed by atoms with van der Waals surface area (Å²) in [7, 11) is 0. The Labute approximate surface area is 183 Å². The number of nitrogens with one attached hydrogen (secondary N) is 2. The van der Waals surface area contributed by atoms with E-state index < -0.39 is 6.10 Å². The van der Waals surface area contributed by atoms with Gasteiger partial charge in [0.2, 0.25) is 0 Å². The summed E-state index contributed by atoms with van der Waals surface area (Å²) >= 11 is 0. The molecule has 1 aromatic heterocycles. The van der Waals surface area contributed by atoms with E-state index in [-0.39, 0.29) is 18.4 Å². The molecule has 1 saturated heterocycles. The first-order chi connectivity index (χ1) is 15.1. The number of carbonyl (C=O) groups is 2. The van der Waals surface area contributed by atoms with Crippen molar-refractivity contribution >= 4 is 11.8 Å². The Kier molecular flexibility index (Phi) is 7.14. The van der Waals surface area contributed by atoms with Gasteiger partial charge in [0, 0.05) is 38.4 Å². The van der Waals surface area contributed by atoms with E-state index in [4.69, 9.17) is 0 Å². The quantitative estimate of drug-likeness (QED) is 0.624. The van der Waals surface area contributed by atoms with E-state index in [9.17, 15) is 14.7 Å². The fourth-order valence-electron chi connectivity index (χ4n) is 4.59. The maximum Gasteiger partial charge on any atom is 0.272 e. The zero-order chi connectivity index (χ0) is 21.6. The average Bonchev–Trinajstić information content (AvgIpc) is 3.24. The lowest BCUT2D eigenvalue weighted by Gasteiger charge is -2.26. The number of allylic oxidation sites excluding steroid dienone is 2. The van der Waals surface area contributed by atoms with Crippen molar-refractivity contribution in [3.05, 3.63) is 52.9 Å². The number of aliphatic hydroxyl groups is 1. The van der Waals surface area contributed by atoms with Crippen molar-refractivity contribution in [3.8, 4) is 0 Å². The molecule has 31 heavy (non-hydrogen) atoms. The van der Waals surface area contributed by atoms with Gasteiger partial charge in [-0.05, 0) is 62.7 Å². The number of rotatable bonds is 7. The van der Waals surface area contributed by atoms with Crippen molar-refractivity contribution in [2.75, 3.05) is 26.2 Å². The standard InChI is InChI=1S/C24H32N4O3/c29-21(15-25-20-12-17-6-2-3-7-18(17)13-20)16-27-23(30)19-8-9-22(26-14-19)24(31)28-10-4-1-5-11-28/h2,6,8-9,14,20-21,25,29H,1,3-5,7,10-13,15-16H2,(H,27,30). The van der Waals surface area contributed by atoms with E-state index in [1.165, 1.54) is 17.3 Å². The molecule has 2 atom stereocenters. The van der Waals surface area contributed by atoms with Crippen LogP contribution >= 0.6 is 0 Å². The van der Waals surface area contributed by atoms with Crippen molar-refractivity contribution < 1.29 is 14.7 Å². The van der Waals surface area contributed by atoms with Gasteiger partial charge in [-0.25, -0.2) is 0 Å².